The molecule has 0 bridgehead atoms. The Kier molecular flexibility index (Phi) is 7.36. The fraction of sp³-hybridized carbons (Fsp3) is 0.857. The lowest BCUT2D eigenvalue weighted by Crippen LogP contribution is -2.51. The molecule has 116 valence electrons. The third kappa shape index (κ3) is 5.36. The Labute approximate surface area is 120 Å². The van der Waals surface area contributed by atoms with Gasteiger partial charge in [0.15, 0.2) is 0 Å². The molecule has 0 saturated heterocycles. The van der Waals surface area contributed by atoms with Crippen molar-refractivity contribution in [3.8, 4) is 0 Å². The molecule has 2 amide bonds. The zero-order valence-corrected chi connectivity index (χ0v) is 12.4. The maximum absolute atomic E-state index is 12.0. The molecule has 0 aromatic rings. The number of aliphatic carboxylic acids is 1. The molecule has 1 unspecified atom stereocenters. The van der Waals surface area contributed by atoms with Crippen LogP contribution in [0.2, 0.25) is 0 Å². The molecule has 6 nitrogen and oxygen atoms in total. The zero-order chi connectivity index (χ0) is 15.0. The highest BCUT2D eigenvalue weighted by Crippen LogP contribution is 2.26. The van der Waals surface area contributed by atoms with E-state index in [1.807, 2.05) is 6.92 Å². The number of carbonyl (C=O) groups excluding carboxylic acids is 1. The second-order valence-corrected chi connectivity index (χ2v) is 5.28. The van der Waals surface area contributed by atoms with Crippen LogP contribution in [0.4, 0.5) is 4.79 Å². The average molecular weight is 286 g/mol. The maximum atomic E-state index is 12.0. The van der Waals surface area contributed by atoms with Crippen LogP contribution in [0, 0.1) is 5.92 Å². The molecular weight excluding hydrogens is 260 g/mol. The van der Waals surface area contributed by atoms with Crippen LogP contribution in [0.5, 0.6) is 0 Å². The van der Waals surface area contributed by atoms with E-state index in [1.165, 1.54) is 4.90 Å². The molecule has 1 aliphatic rings. The normalized spacial score (nSPS) is 17.5. The third-order valence-corrected chi connectivity index (χ3v) is 3.79. The van der Waals surface area contributed by atoms with Gasteiger partial charge in [-0.25, -0.2) is 9.59 Å². The number of hydrogen-bond donors (Lipinski definition) is 2. The van der Waals surface area contributed by atoms with E-state index in [2.05, 4.69) is 5.32 Å². The Hall–Kier alpha value is -1.30. The highest BCUT2D eigenvalue weighted by molar-refractivity contribution is 5.82. The summed E-state index contributed by atoms with van der Waals surface area (Å²) in [6.45, 7) is 3.41. The van der Waals surface area contributed by atoms with Crippen molar-refractivity contribution in [3.63, 3.8) is 0 Å². The van der Waals surface area contributed by atoms with Gasteiger partial charge >= 0.3 is 12.0 Å². The first-order valence-corrected chi connectivity index (χ1v) is 7.38. The van der Waals surface area contributed by atoms with Gasteiger partial charge in [-0.15, -0.1) is 0 Å². The molecule has 1 aliphatic carbocycles. The quantitative estimate of drug-likeness (QED) is 0.698. The number of carboxylic acid groups (broad SMARTS) is 1. The van der Waals surface area contributed by atoms with Crippen LogP contribution in [-0.2, 0) is 9.53 Å². The highest BCUT2D eigenvalue weighted by Gasteiger charge is 2.31. The summed E-state index contributed by atoms with van der Waals surface area (Å²) in [7, 11) is 1.65. The fourth-order valence-electron chi connectivity index (χ4n) is 2.54. The molecule has 20 heavy (non-hydrogen) atoms. The number of ether oxygens (including phenoxy) is 1. The van der Waals surface area contributed by atoms with Gasteiger partial charge < -0.3 is 20.1 Å². The average Bonchev–Trinajstić information content (AvgIpc) is 2.45. The van der Waals surface area contributed by atoms with Crippen molar-refractivity contribution in [1.29, 1.82) is 0 Å². The second kappa shape index (κ2) is 8.79. The molecule has 1 fully saturated rings. The highest BCUT2D eigenvalue weighted by atomic mass is 16.5. The van der Waals surface area contributed by atoms with Crippen molar-refractivity contribution < 1.29 is 19.4 Å². The van der Waals surface area contributed by atoms with E-state index >= 15 is 0 Å². The standard InChI is InChI=1S/C14H26N2O4/c1-3-20-10-9-16(2)14(19)15-12(13(17)18)11-7-5-4-6-8-11/h11-12H,3-10H2,1-2H3,(H,15,19)(H,17,18). The topological polar surface area (TPSA) is 78.9 Å². The van der Waals surface area contributed by atoms with E-state index in [-0.39, 0.29) is 11.9 Å². The minimum atomic E-state index is -0.941. The Morgan fingerprint density at radius 3 is 2.55 bits per heavy atom. The van der Waals surface area contributed by atoms with Gasteiger partial charge in [0.25, 0.3) is 0 Å². The minimum absolute atomic E-state index is 0.0468. The van der Waals surface area contributed by atoms with Crippen LogP contribution in [0.1, 0.15) is 39.0 Å². The number of urea groups is 1. The summed E-state index contributed by atoms with van der Waals surface area (Å²) in [5.41, 5.74) is 0. The van der Waals surface area contributed by atoms with Gasteiger partial charge in [0.1, 0.15) is 6.04 Å². The molecule has 0 spiro atoms. The van der Waals surface area contributed by atoms with Gasteiger partial charge in [0.2, 0.25) is 0 Å². The summed E-state index contributed by atoms with van der Waals surface area (Å²) in [6.07, 6.45) is 5.00. The lowest BCUT2D eigenvalue weighted by atomic mass is 9.84. The smallest absolute Gasteiger partial charge is 0.326 e. The molecule has 0 aromatic heterocycles. The fourth-order valence-corrected chi connectivity index (χ4v) is 2.54. The van der Waals surface area contributed by atoms with Crippen LogP contribution in [0.3, 0.4) is 0 Å². The van der Waals surface area contributed by atoms with Crippen molar-refractivity contribution in [1.82, 2.24) is 10.2 Å². The minimum Gasteiger partial charge on any atom is -0.480 e. The number of hydrogen-bond acceptors (Lipinski definition) is 3. The van der Waals surface area contributed by atoms with Crippen LogP contribution in [0.15, 0.2) is 0 Å². The van der Waals surface area contributed by atoms with Gasteiger partial charge in [0, 0.05) is 20.2 Å². The summed E-state index contributed by atoms with van der Waals surface area (Å²) in [4.78, 5) is 24.8. The summed E-state index contributed by atoms with van der Waals surface area (Å²) in [5, 5.41) is 12.0. The van der Waals surface area contributed by atoms with E-state index in [9.17, 15) is 14.7 Å². The molecule has 1 rings (SSSR count). The third-order valence-electron chi connectivity index (χ3n) is 3.79. The molecule has 6 heteroatoms. The van der Waals surface area contributed by atoms with Gasteiger partial charge in [-0.05, 0) is 25.7 Å². The van der Waals surface area contributed by atoms with Crippen molar-refractivity contribution in [2.75, 3.05) is 26.8 Å². The summed E-state index contributed by atoms with van der Waals surface area (Å²) in [6, 6.07) is -1.12. The van der Waals surface area contributed by atoms with Crippen LogP contribution < -0.4 is 5.32 Å². The molecule has 0 heterocycles. The Balaban J connectivity index is 2.47. The molecule has 2 N–H and O–H groups in total. The lowest BCUT2D eigenvalue weighted by molar-refractivity contribution is -0.141. The van der Waals surface area contributed by atoms with Crippen LogP contribution in [-0.4, -0.2) is 54.9 Å². The predicted octanol–water partition coefficient (Wildman–Crippen LogP) is 1.70. The number of rotatable bonds is 7. The molecule has 0 radical (unpaired) electrons. The number of carbonyl (C=O) groups is 2. The Bertz CT molecular complexity index is 316. The number of nitrogens with one attached hydrogen (secondary N) is 1. The number of likely N-dealkylation sites (N-methyl/N-ethyl adjacent to an activating group) is 1. The van der Waals surface area contributed by atoms with Crippen LogP contribution in [0.25, 0.3) is 0 Å². The van der Waals surface area contributed by atoms with E-state index in [4.69, 9.17) is 4.74 Å². The first kappa shape index (κ1) is 16.8. The summed E-state index contributed by atoms with van der Waals surface area (Å²) < 4.78 is 5.19. The van der Waals surface area contributed by atoms with Gasteiger partial charge in [-0.2, -0.15) is 0 Å². The lowest BCUT2D eigenvalue weighted by Gasteiger charge is -2.29. The monoisotopic (exact) mass is 286 g/mol. The summed E-state index contributed by atoms with van der Waals surface area (Å²) >= 11 is 0. The first-order chi connectivity index (χ1) is 9.56. The zero-order valence-electron chi connectivity index (χ0n) is 12.4. The van der Waals surface area contributed by atoms with Gasteiger partial charge in [0.05, 0.1) is 6.61 Å². The Morgan fingerprint density at radius 2 is 2.00 bits per heavy atom. The number of carboxylic acids is 1. The second-order valence-electron chi connectivity index (χ2n) is 5.28. The molecule has 0 aromatic carbocycles. The van der Waals surface area contributed by atoms with Crippen molar-refractivity contribution in [2.24, 2.45) is 5.92 Å². The van der Waals surface area contributed by atoms with Crippen molar-refractivity contribution in [3.05, 3.63) is 0 Å². The van der Waals surface area contributed by atoms with E-state index in [0.29, 0.717) is 19.8 Å². The number of amides is 2. The SMILES string of the molecule is CCOCCN(C)C(=O)NC(C(=O)O)C1CCCCC1. The van der Waals surface area contributed by atoms with E-state index < -0.39 is 12.0 Å². The van der Waals surface area contributed by atoms with Crippen LogP contribution >= 0.6 is 0 Å². The van der Waals surface area contributed by atoms with Crippen molar-refractivity contribution in [2.45, 2.75) is 45.1 Å². The van der Waals surface area contributed by atoms with E-state index in [0.717, 1.165) is 32.1 Å². The number of nitrogens with zero attached hydrogens (tertiary/aromatic N) is 1. The Morgan fingerprint density at radius 1 is 1.35 bits per heavy atom. The van der Waals surface area contributed by atoms with Gasteiger partial charge in [-0.1, -0.05) is 19.3 Å². The molecular formula is C14H26N2O4. The maximum Gasteiger partial charge on any atom is 0.326 e. The summed E-state index contributed by atoms with van der Waals surface area (Å²) in [5.74, 6) is -0.894. The van der Waals surface area contributed by atoms with E-state index in [1.54, 1.807) is 7.05 Å². The predicted molar refractivity (Wildman–Crippen MR) is 75.7 cm³/mol. The van der Waals surface area contributed by atoms with Crippen molar-refractivity contribution >= 4 is 12.0 Å². The van der Waals surface area contributed by atoms with Gasteiger partial charge in [-0.3, -0.25) is 0 Å². The largest absolute Gasteiger partial charge is 0.480 e. The first-order valence-electron chi connectivity index (χ1n) is 7.38. The molecule has 1 atom stereocenters. The molecule has 1 saturated carbocycles. The molecule has 0 aliphatic heterocycles.